The third-order valence-corrected chi connectivity index (χ3v) is 4.20. The van der Waals surface area contributed by atoms with Crippen LogP contribution >= 0.6 is 0 Å². The minimum Gasteiger partial charge on any atom is -0.360 e. The number of carbonyl (C=O) groups is 2. The molecule has 132 valence electrons. The van der Waals surface area contributed by atoms with Crippen LogP contribution in [0.5, 0.6) is 0 Å². The summed E-state index contributed by atoms with van der Waals surface area (Å²) in [6.07, 6.45) is 4.52. The molecule has 1 heterocycles. The number of nitriles is 1. The molecular weight excluding hydrogens is 316 g/mol. The Hall–Kier alpha value is -2.81. The highest BCUT2D eigenvalue weighted by atomic mass is 16.2. The van der Waals surface area contributed by atoms with Crippen LogP contribution in [0.1, 0.15) is 31.7 Å². The molecule has 0 radical (unpaired) electrons. The van der Waals surface area contributed by atoms with Gasteiger partial charge in [0.2, 0.25) is 5.91 Å². The summed E-state index contributed by atoms with van der Waals surface area (Å²) in [4.78, 5) is 25.4. The van der Waals surface area contributed by atoms with Gasteiger partial charge in [-0.25, -0.2) is 0 Å². The topological polar surface area (TPSA) is 85.2 Å². The van der Waals surface area contributed by atoms with Gasteiger partial charge in [0, 0.05) is 37.9 Å². The van der Waals surface area contributed by atoms with Gasteiger partial charge in [-0.3, -0.25) is 9.59 Å². The van der Waals surface area contributed by atoms with Gasteiger partial charge in [0.15, 0.2) is 0 Å². The molecule has 1 aromatic carbocycles. The summed E-state index contributed by atoms with van der Waals surface area (Å²) in [6.45, 7) is 3.93. The van der Waals surface area contributed by atoms with E-state index in [1.165, 1.54) is 6.20 Å². The van der Waals surface area contributed by atoms with Gasteiger partial charge in [-0.1, -0.05) is 25.1 Å². The first kappa shape index (κ1) is 18.5. The van der Waals surface area contributed by atoms with Crippen LogP contribution in [0.4, 0.5) is 5.69 Å². The maximum atomic E-state index is 12.1. The smallest absolute Gasteiger partial charge is 0.263 e. The number of benzene rings is 1. The molecule has 1 aliphatic heterocycles. The predicted octanol–water partition coefficient (Wildman–Crippen LogP) is 2.20. The van der Waals surface area contributed by atoms with E-state index in [1.807, 2.05) is 42.2 Å². The summed E-state index contributed by atoms with van der Waals surface area (Å²) in [6, 6.07) is 9.69. The number of likely N-dealkylation sites (tertiary alicyclic amines) is 1. The largest absolute Gasteiger partial charge is 0.360 e. The summed E-state index contributed by atoms with van der Waals surface area (Å²) >= 11 is 0. The Bertz CT molecular complexity index is 691. The van der Waals surface area contributed by atoms with E-state index in [0.29, 0.717) is 25.9 Å². The quantitative estimate of drug-likeness (QED) is 0.432. The Labute approximate surface area is 148 Å². The number of aryl methyl sites for hydroxylation is 1. The van der Waals surface area contributed by atoms with Crippen molar-refractivity contribution in [1.82, 2.24) is 10.2 Å². The lowest BCUT2D eigenvalue weighted by atomic mass is 10.1. The van der Waals surface area contributed by atoms with Crippen molar-refractivity contribution >= 4 is 17.5 Å². The average Bonchev–Trinajstić information content (AvgIpc) is 3.04. The molecule has 0 aromatic heterocycles. The van der Waals surface area contributed by atoms with Gasteiger partial charge in [0.05, 0.1) is 0 Å². The van der Waals surface area contributed by atoms with E-state index in [4.69, 9.17) is 0 Å². The zero-order valence-corrected chi connectivity index (χ0v) is 14.5. The standard InChI is InChI=1S/C19H24N4O2/c1-2-15-7-3-4-8-17(15)22-14-16(13-20)19(25)21-10-6-12-23-11-5-9-18(23)24/h3-4,7-8,14,22H,2,5-6,9-12H2,1H3,(H,21,25)/b16-14-. The highest BCUT2D eigenvalue weighted by Gasteiger charge is 2.19. The van der Waals surface area contributed by atoms with Crippen molar-refractivity contribution in [3.63, 3.8) is 0 Å². The van der Waals surface area contributed by atoms with Gasteiger partial charge in [-0.05, 0) is 30.9 Å². The SMILES string of the molecule is CCc1ccccc1N/C=C(/C#N)C(=O)NCCCN1CCCC1=O. The van der Waals surface area contributed by atoms with E-state index in [0.717, 1.165) is 30.6 Å². The Morgan fingerprint density at radius 3 is 2.88 bits per heavy atom. The number of nitrogens with zero attached hydrogens (tertiary/aromatic N) is 2. The van der Waals surface area contributed by atoms with E-state index in [-0.39, 0.29) is 11.5 Å². The lowest BCUT2D eigenvalue weighted by Gasteiger charge is -2.15. The van der Waals surface area contributed by atoms with Crippen LogP contribution in [0.15, 0.2) is 36.0 Å². The number of amides is 2. The number of para-hydroxylation sites is 1. The molecule has 1 aliphatic rings. The van der Waals surface area contributed by atoms with Crippen molar-refractivity contribution in [2.24, 2.45) is 0 Å². The third kappa shape index (κ3) is 5.35. The number of hydrogen-bond acceptors (Lipinski definition) is 4. The molecule has 1 fully saturated rings. The van der Waals surface area contributed by atoms with Gasteiger partial charge < -0.3 is 15.5 Å². The number of carbonyl (C=O) groups excluding carboxylic acids is 2. The maximum Gasteiger partial charge on any atom is 0.263 e. The second kappa shape index (κ2) is 9.48. The van der Waals surface area contributed by atoms with Crippen molar-refractivity contribution in [2.45, 2.75) is 32.6 Å². The van der Waals surface area contributed by atoms with Gasteiger partial charge in [0.25, 0.3) is 5.91 Å². The summed E-state index contributed by atoms with van der Waals surface area (Å²) in [5.41, 5.74) is 2.04. The molecule has 1 saturated heterocycles. The molecule has 1 aromatic rings. The molecule has 0 unspecified atom stereocenters. The highest BCUT2D eigenvalue weighted by molar-refractivity contribution is 5.97. The van der Waals surface area contributed by atoms with Crippen LogP contribution in [0.3, 0.4) is 0 Å². The zero-order chi connectivity index (χ0) is 18.1. The Balaban J connectivity index is 1.81. The van der Waals surface area contributed by atoms with Crippen molar-refractivity contribution in [3.05, 3.63) is 41.6 Å². The monoisotopic (exact) mass is 340 g/mol. The molecule has 2 N–H and O–H groups in total. The van der Waals surface area contributed by atoms with Crippen molar-refractivity contribution < 1.29 is 9.59 Å². The van der Waals surface area contributed by atoms with E-state index in [2.05, 4.69) is 10.6 Å². The van der Waals surface area contributed by atoms with E-state index < -0.39 is 5.91 Å². The third-order valence-electron chi connectivity index (χ3n) is 4.20. The van der Waals surface area contributed by atoms with Crippen LogP contribution in [-0.4, -0.2) is 36.3 Å². The normalized spacial score (nSPS) is 14.3. The van der Waals surface area contributed by atoms with Gasteiger partial charge in [0.1, 0.15) is 11.6 Å². The predicted molar refractivity (Wildman–Crippen MR) is 96.6 cm³/mol. The molecule has 0 spiro atoms. The second-order valence-electron chi connectivity index (χ2n) is 5.92. The van der Waals surface area contributed by atoms with Gasteiger partial charge >= 0.3 is 0 Å². The summed E-state index contributed by atoms with van der Waals surface area (Å²) < 4.78 is 0. The molecule has 0 aliphatic carbocycles. The Morgan fingerprint density at radius 2 is 2.20 bits per heavy atom. The number of rotatable bonds is 8. The molecule has 2 amide bonds. The number of hydrogen-bond donors (Lipinski definition) is 2. The molecule has 0 bridgehead atoms. The highest BCUT2D eigenvalue weighted by Crippen LogP contribution is 2.15. The van der Waals surface area contributed by atoms with Crippen molar-refractivity contribution in [2.75, 3.05) is 25.0 Å². The first-order valence-corrected chi connectivity index (χ1v) is 8.66. The van der Waals surface area contributed by atoms with Crippen molar-refractivity contribution in [1.29, 1.82) is 5.26 Å². The summed E-state index contributed by atoms with van der Waals surface area (Å²) in [5.74, 6) is -0.223. The Kier molecular flexibility index (Phi) is 7.02. The van der Waals surface area contributed by atoms with Crippen LogP contribution < -0.4 is 10.6 Å². The molecule has 6 nitrogen and oxygen atoms in total. The molecule has 0 saturated carbocycles. The molecule has 25 heavy (non-hydrogen) atoms. The maximum absolute atomic E-state index is 12.1. The van der Waals surface area contributed by atoms with Crippen LogP contribution in [0.2, 0.25) is 0 Å². The lowest BCUT2D eigenvalue weighted by Crippen LogP contribution is -2.31. The Morgan fingerprint density at radius 1 is 1.40 bits per heavy atom. The molecule has 6 heteroatoms. The van der Waals surface area contributed by atoms with Crippen LogP contribution in [0, 0.1) is 11.3 Å². The fourth-order valence-electron chi connectivity index (χ4n) is 2.78. The van der Waals surface area contributed by atoms with E-state index in [9.17, 15) is 14.9 Å². The lowest BCUT2D eigenvalue weighted by molar-refractivity contribution is -0.127. The fraction of sp³-hybridized carbons (Fsp3) is 0.421. The number of anilines is 1. The zero-order valence-electron chi connectivity index (χ0n) is 14.5. The van der Waals surface area contributed by atoms with E-state index in [1.54, 1.807) is 0 Å². The minimum atomic E-state index is -0.406. The first-order chi connectivity index (χ1) is 12.2. The fourth-order valence-corrected chi connectivity index (χ4v) is 2.78. The summed E-state index contributed by atoms with van der Waals surface area (Å²) in [5, 5.41) is 15.0. The molecular formula is C19H24N4O2. The first-order valence-electron chi connectivity index (χ1n) is 8.66. The van der Waals surface area contributed by atoms with Crippen molar-refractivity contribution in [3.8, 4) is 6.07 Å². The van der Waals surface area contributed by atoms with E-state index >= 15 is 0 Å². The minimum absolute atomic E-state index is 0.0307. The second-order valence-corrected chi connectivity index (χ2v) is 5.92. The summed E-state index contributed by atoms with van der Waals surface area (Å²) in [7, 11) is 0. The van der Waals surface area contributed by atoms with Gasteiger partial charge in [-0.2, -0.15) is 5.26 Å². The van der Waals surface area contributed by atoms with Gasteiger partial charge in [-0.15, -0.1) is 0 Å². The van der Waals surface area contributed by atoms with Crippen LogP contribution in [0.25, 0.3) is 0 Å². The molecule has 0 atom stereocenters. The molecule has 2 rings (SSSR count). The number of nitrogens with one attached hydrogen (secondary N) is 2. The van der Waals surface area contributed by atoms with Crippen LogP contribution in [-0.2, 0) is 16.0 Å². The average molecular weight is 340 g/mol.